The molecule has 0 amide bonds. The van der Waals surface area contributed by atoms with Crippen molar-refractivity contribution in [3.8, 4) is 5.75 Å². The van der Waals surface area contributed by atoms with Crippen LogP contribution in [0.5, 0.6) is 5.75 Å². The second-order valence-electron chi connectivity index (χ2n) is 5.58. The summed E-state index contributed by atoms with van der Waals surface area (Å²) in [6.07, 6.45) is 4.93. The van der Waals surface area contributed by atoms with Crippen LogP contribution in [0.25, 0.3) is 0 Å². The SMILES string of the molecule is CN=C(NCc1ccc(OC)c(C(=O)OC)c1)NC1CCCC1. The van der Waals surface area contributed by atoms with Gasteiger partial charge in [-0.2, -0.15) is 0 Å². The number of nitrogens with zero attached hydrogens (tertiary/aromatic N) is 1. The number of guanidine groups is 1. The Morgan fingerprint density at radius 2 is 2.04 bits per heavy atom. The van der Waals surface area contributed by atoms with E-state index >= 15 is 0 Å². The van der Waals surface area contributed by atoms with Crippen molar-refractivity contribution in [2.45, 2.75) is 38.3 Å². The van der Waals surface area contributed by atoms with Crippen LogP contribution in [0.1, 0.15) is 41.6 Å². The average molecular weight is 319 g/mol. The molecule has 0 spiro atoms. The first-order chi connectivity index (χ1) is 11.2. The van der Waals surface area contributed by atoms with Gasteiger partial charge in [0.25, 0.3) is 0 Å². The summed E-state index contributed by atoms with van der Waals surface area (Å²) in [6, 6.07) is 5.97. The van der Waals surface area contributed by atoms with Gasteiger partial charge in [0, 0.05) is 19.6 Å². The lowest BCUT2D eigenvalue weighted by Gasteiger charge is -2.17. The minimum Gasteiger partial charge on any atom is -0.496 e. The summed E-state index contributed by atoms with van der Waals surface area (Å²) < 4.78 is 10.00. The first-order valence-corrected chi connectivity index (χ1v) is 7.90. The standard InChI is InChI=1S/C17H25N3O3/c1-18-17(20-13-6-4-5-7-13)19-11-12-8-9-15(22-2)14(10-12)16(21)23-3/h8-10,13H,4-7,11H2,1-3H3,(H2,18,19,20). The summed E-state index contributed by atoms with van der Waals surface area (Å²) in [5.41, 5.74) is 1.38. The minimum absolute atomic E-state index is 0.405. The fourth-order valence-corrected chi connectivity index (χ4v) is 2.78. The highest BCUT2D eigenvalue weighted by Gasteiger charge is 2.16. The third kappa shape index (κ3) is 4.61. The van der Waals surface area contributed by atoms with Gasteiger partial charge in [0.2, 0.25) is 0 Å². The Hall–Kier alpha value is -2.24. The molecule has 0 bridgehead atoms. The van der Waals surface area contributed by atoms with Crippen molar-refractivity contribution in [1.82, 2.24) is 10.6 Å². The molecule has 1 aliphatic rings. The predicted octanol–water partition coefficient (Wildman–Crippen LogP) is 2.09. The summed E-state index contributed by atoms with van der Waals surface area (Å²) in [7, 11) is 4.66. The zero-order chi connectivity index (χ0) is 16.7. The Morgan fingerprint density at radius 3 is 2.65 bits per heavy atom. The molecule has 0 unspecified atom stereocenters. The van der Waals surface area contributed by atoms with Crippen molar-refractivity contribution in [2.24, 2.45) is 4.99 Å². The lowest BCUT2D eigenvalue weighted by molar-refractivity contribution is 0.0597. The van der Waals surface area contributed by atoms with Gasteiger partial charge < -0.3 is 20.1 Å². The molecule has 2 rings (SSSR count). The number of benzene rings is 1. The highest BCUT2D eigenvalue weighted by molar-refractivity contribution is 5.92. The van der Waals surface area contributed by atoms with Gasteiger partial charge in [0.1, 0.15) is 11.3 Å². The third-order valence-electron chi connectivity index (χ3n) is 4.05. The van der Waals surface area contributed by atoms with Crippen LogP contribution in [0.15, 0.2) is 23.2 Å². The van der Waals surface area contributed by atoms with E-state index in [2.05, 4.69) is 15.6 Å². The fraction of sp³-hybridized carbons (Fsp3) is 0.529. The monoisotopic (exact) mass is 319 g/mol. The third-order valence-corrected chi connectivity index (χ3v) is 4.05. The first-order valence-electron chi connectivity index (χ1n) is 7.90. The topological polar surface area (TPSA) is 72.0 Å². The van der Waals surface area contributed by atoms with Gasteiger partial charge in [0.05, 0.1) is 14.2 Å². The predicted molar refractivity (Wildman–Crippen MR) is 89.9 cm³/mol. The van der Waals surface area contributed by atoms with Crippen molar-refractivity contribution in [3.05, 3.63) is 29.3 Å². The van der Waals surface area contributed by atoms with Crippen molar-refractivity contribution in [1.29, 1.82) is 0 Å². The molecule has 0 radical (unpaired) electrons. The van der Waals surface area contributed by atoms with Crippen molar-refractivity contribution in [2.75, 3.05) is 21.3 Å². The van der Waals surface area contributed by atoms with Crippen LogP contribution >= 0.6 is 0 Å². The molecule has 0 saturated heterocycles. The number of carbonyl (C=O) groups excluding carboxylic acids is 1. The molecule has 0 atom stereocenters. The number of esters is 1. The van der Waals surface area contributed by atoms with E-state index in [1.54, 1.807) is 19.2 Å². The maximum absolute atomic E-state index is 11.8. The second-order valence-corrected chi connectivity index (χ2v) is 5.58. The molecular weight excluding hydrogens is 294 g/mol. The van der Waals surface area contributed by atoms with E-state index in [9.17, 15) is 4.79 Å². The zero-order valence-electron chi connectivity index (χ0n) is 14.0. The molecule has 0 heterocycles. The number of aliphatic imine (C=N–C) groups is 1. The van der Waals surface area contributed by atoms with Gasteiger partial charge in [-0.05, 0) is 30.5 Å². The first kappa shape index (κ1) is 17.1. The van der Waals surface area contributed by atoms with Crippen LogP contribution in [0.4, 0.5) is 0 Å². The van der Waals surface area contributed by atoms with E-state index in [0.717, 1.165) is 11.5 Å². The highest BCUT2D eigenvalue weighted by atomic mass is 16.5. The molecule has 1 aliphatic carbocycles. The number of carbonyl (C=O) groups is 1. The van der Waals surface area contributed by atoms with Gasteiger partial charge in [-0.1, -0.05) is 18.9 Å². The average Bonchev–Trinajstić information content (AvgIpc) is 3.10. The fourth-order valence-electron chi connectivity index (χ4n) is 2.78. The molecular formula is C17H25N3O3. The maximum atomic E-state index is 11.8. The van der Waals surface area contributed by atoms with E-state index in [-0.39, 0.29) is 0 Å². The number of methoxy groups -OCH3 is 2. The van der Waals surface area contributed by atoms with E-state index in [1.807, 2.05) is 6.07 Å². The Kier molecular flexibility index (Phi) is 6.26. The van der Waals surface area contributed by atoms with Crippen molar-refractivity contribution >= 4 is 11.9 Å². The van der Waals surface area contributed by atoms with Crippen LogP contribution in [0.2, 0.25) is 0 Å². The van der Waals surface area contributed by atoms with Crippen LogP contribution in [-0.2, 0) is 11.3 Å². The summed E-state index contributed by atoms with van der Waals surface area (Å²) >= 11 is 0. The van der Waals surface area contributed by atoms with Crippen molar-refractivity contribution in [3.63, 3.8) is 0 Å². The molecule has 1 aromatic rings. The van der Waals surface area contributed by atoms with Crippen molar-refractivity contribution < 1.29 is 14.3 Å². The van der Waals surface area contributed by atoms with E-state index in [1.165, 1.54) is 39.9 Å². The molecule has 126 valence electrons. The summed E-state index contributed by atoms with van der Waals surface area (Å²) in [5.74, 6) is 0.888. The number of hydrogen-bond donors (Lipinski definition) is 2. The van der Waals surface area contributed by atoms with Gasteiger partial charge in [0.15, 0.2) is 5.96 Å². The molecule has 2 N–H and O–H groups in total. The van der Waals surface area contributed by atoms with E-state index in [4.69, 9.17) is 9.47 Å². The molecule has 1 fully saturated rings. The molecule has 1 saturated carbocycles. The van der Waals surface area contributed by atoms with Crippen LogP contribution < -0.4 is 15.4 Å². The summed E-state index contributed by atoms with van der Waals surface area (Å²) in [4.78, 5) is 16.1. The smallest absolute Gasteiger partial charge is 0.341 e. The molecule has 0 aromatic heterocycles. The largest absolute Gasteiger partial charge is 0.496 e. The molecule has 0 aliphatic heterocycles. The Labute approximate surface area is 137 Å². The van der Waals surface area contributed by atoms with Gasteiger partial charge >= 0.3 is 5.97 Å². The molecule has 1 aromatic carbocycles. The van der Waals surface area contributed by atoms with Crippen LogP contribution in [0.3, 0.4) is 0 Å². The lowest BCUT2D eigenvalue weighted by atomic mass is 10.1. The number of hydrogen-bond acceptors (Lipinski definition) is 4. The van der Waals surface area contributed by atoms with Gasteiger partial charge in [-0.25, -0.2) is 4.79 Å². The van der Waals surface area contributed by atoms with Crippen LogP contribution in [-0.4, -0.2) is 39.2 Å². The lowest BCUT2D eigenvalue weighted by Crippen LogP contribution is -2.41. The van der Waals surface area contributed by atoms with E-state index in [0.29, 0.717) is 23.9 Å². The molecule has 23 heavy (non-hydrogen) atoms. The number of nitrogens with one attached hydrogen (secondary N) is 2. The quantitative estimate of drug-likeness (QED) is 0.494. The zero-order valence-corrected chi connectivity index (χ0v) is 14.0. The van der Waals surface area contributed by atoms with Crippen LogP contribution in [0, 0.1) is 0 Å². The second kappa shape index (κ2) is 8.41. The number of rotatable bonds is 5. The highest BCUT2D eigenvalue weighted by Crippen LogP contribution is 2.21. The molecule has 6 nitrogen and oxygen atoms in total. The summed E-state index contributed by atoms with van der Waals surface area (Å²) in [5, 5.41) is 6.71. The normalized spacial score (nSPS) is 15.3. The Bertz CT molecular complexity index is 566. The minimum atomic E-state index is -0.405. The maximum Gasteiger partial charge on any atom is 0.341 e. The van der Waals surface area contributed by atoms with Gasteiger partial charge in [-0.3, -0.25) is 4.99 Å². The Morgan fingerprint density at radius 1 is 1.30 bits per heavy atom. The molecule has 6 heteroatoms. The number of ether oxygens (including phenoxy) is 2. The Balaban J connectivity index is 2.00. The van der Waals surface area contributed by atoms with E-state index < -0.39 is 5.97 Å². The summed E-state index contributed by atoms with van der Waals surface area (Å²) in [6.45, 7) is 0.570. The van der Waals surface area contributed by atoms with Gasteiger partial charge in [-0.15, -0.1) is 0 Å².